The van der Waals surface area contributed by atoms with Crippen LogP contribution >= 0.6 is 15.6 Å². The molecular weight excluding hydrogens is 1380 g/mol. The van der Waals surface area contributed by atoms with Gasteiger partial charge in [0.25, 0.3) is 0 Å². The fourth-order valence-corrected chi connectivity index (χ4v) is 12.7. The molecule has 0 aromatic carbocycles. The van der Waals surface area contributed by atoms with E-state index in [1.54, 1.807) is 0 Å². The second-order valence-corrected chi connectivity index (χ2v) is 30.6. The number of phosphoric ester groups is 2. The van der Waals surface area contributed by atoms with Crippen LogP contribution < -0.4 is 0 Å². The molecule has 5 atom stereocenters. The van der Waals surface area contributed by atoms with Gasteiger partial charge in [-0.2, -0.15) is 0 Å². The van der Waals surface area contributed by atoms with Crippen LogP contribution in [-0.2, 0) is 65.4 Å². The summed E-state index contributed by atoms with van der Waals surface area (Å²) in [6.45, 7) is 4.64. The second kappa shape index (κ2) is 78.6. The zero-order valence-corrected chi connectivity index (χ0v) is 68.6. The number of rotatable bonds is 78. The van der Waals surface area contributed by atoms with Gasteiger partial charge in [-0.05, 0) is 103 Å². The number of aliphatic hydroxyl groups is 1. The Hall–Kier alpha value is -4.54. The lowest BCUT2D eigenvalue weighted by molar-refractivity contribution is -0.161. The summed E-state index contributed by atoms with van der Waals surface area (Å²) < 4.78 is 68.6. The van der Waals surface area contributed by atoms with Crippen molar-refractivity contribution in [2.45, 2.75) is 367 Å². The molecule has 0 fully saturated rings. The number of ether oxygens (including phenoxy) is 4. The summed E-state index contributed by atoms with van der Waals surface area (Å²) in [4.78, 5) is 73.1. The molecule has 0 aliphatic carbocycles. The number of allylic oxidation sites excluding steroid dienone is 20. The molecule has 3 N–H and O–H groups in total. The summed E-state index contributed by atoms with van der Waals surface area (Å²) in [6, 6.07) is 0. The van der Waals surface area contributed by atoms with Crippen molar-refractivity contribution in [2.24, 2.45) is 0 Å². The third kappa shape index (κ3) is 77.6. The SMILES string of the molecule is CC/C=C\C/C=C\C/C=C\C/C=C\C/C=C\C/C=C\CCC(=O)OC[C@H](COP(=O)(O)OC[C@@H](O)COP(=O)(O)OC[C@@H](COC(=O)CCCCCCCCCCCCCCCCC)OC(=O)CCCCCCCCCCCCCCCCC)OC(=O)CCC/C=C\C/C=C\C/C=C\C/C=C\CCCCC. The number of unbranched alkanes of at least 4 members (excludes halogenated alkanes) is 32. The third-order valence-electron chi connectivity index (χ3n) is 17.5. The van der Waals surface area contributed by atoms with Crippen LogP contribution in [0.5, 0.6) is 0 Å². The van der Waals surface area contributed by atoms with Gasteiger partial charge in [0.1, 0.15) is 19.3 Å². The molecule has 0 spiro atoms. The molecule has 0 aliphatic heterocycles. The Bertz CT molecular complexity index is 2480. The Balaban J connectivity index is 5.46. The molecule has 2 unspecified atom stereocenters. The second-order valence-electron chi connectivity index (χ2n) is 27.7. The van der Waals surface area contributed by atoms with Crippen LogP contribution in [0.3, 0.4) is 0 Å². The van der Waals surface area contributed by atoms with E-state index in [9.17, 15) is 43.2 Å². The lowest BCUT2D eigenvalue weighted by Crippen LogP contribution is -2.30. The van der Waals surface area contributed by atoms with E-state index >= 15 is 0 Å². The van der Waals surface area contributed by atoms with Crippen molar-refractivity contribution in [1.82, 2.24) is 0 Å². The van der Waals surface area contributed by atoms with Crippen molar-refractivity contribution in [3.8, 4) is 0 Å². The average Bonchev–Trinajstić information content (AvgIpc) is 0.902. The molecule has 19 heteroatoms. The molecular formula is C87H150O17P2. The van der Waals surface area contributed by atoms with E-state index in [2.05, 4.69) is 119 Å². The highest BCUT2D eigenvalue weighted by atomic mass is 31.2. The molecule has 0 aromatic rings. The number of hydrogen-bond donors (Lipinski definition) is 3. The van der Waals surface area contributed by atoms with Crippen LogP contribution in [0.4, 0.5) is 0 Å². The normalized spacial score (nSPS) is 14.4. The summed E-state index contributed by atoms with van der Waals surface area (Å²) in [5.74, 6) is -2.32. The highest BCUT2D eigenvalue weighted by Gasteiger charge is 2.30. The number of carbonyl (C=O) groups is 4. The van der Waals surface area contributed by atoms with Gasteiger partial charge in [-0.25, -0.2) is 9.13 Å². The van der Waals surface area contributed by atoms with E-state index in [1.165, 1.54) is 154 Å². The summed E-state index contributed by atoms with van der Waals surface area (Å²) >= 11 is 0. The maximum Gasteiger partial charge on any atom is 0.472 e. The summed E-state index contributed by atoms with van der Waals surface area (Å²) in [5, 5.41) is 10.7. The smallest absolute Gasteiger partial charge is 0.462 e. The van der Waals surface area contributed by atoms with E-state index in [-0.39, 0.29) is 25.7 Å². The Morgan fingerprint density at radius 2 is 0.519 bits per heavy atom. The minimum atomic E-state index is -5.01. The van der Waals surface area contributed by atoms with Crippen molar-refractivity contribution in [3.63, 3.8) is 0 Å². The first-order valence-corrected chi connectivity index (χ1v) is 44.8. The standard InChI is InChI=1S/C87H150O17P2/c1-5-9-13-17-21-25-29-33-37-39-40-42-45-48-52-56-60-64-68-72-85(90)98-78-83(104-87(92)74-70-66-62-58-54-50-46-41-38-34-30-26-22-18-14-10-6-2)80-102-106(95,96)100-76-81(88)75-99-105(93,94)101-79-82(103-86(91)73-69-65-61-57-53-49-44-36-32-28-24-20-16-12-8-4)77-97-84(89)71-67-63-59-55-51-47-43-35-31-27-23-19-15-11-7-3/h9,13,21-22,25-26,33-34,37-38,40,42,46,48,50,52,58,60,62,64,81-83,88H,5-8,10-12,14-20,23-24,27-32,35-36,39,41,43-45,47,49,51,53-57,59,61,63,65-80H2,1-4H3,(H,93,94)(H,95,96)/b13-9-,25-21-,26-22-,37-33-,38-34-,42-40-,50-46-,52-48-,62-58-,64-60-/t81-,82+,83+/m0/s1. The van der Waals surface area contributed by atoms with Crippen molar-refractivity contribution < 1.29 is 80.2 Å². The number of aliphatic hydroxyl groups excluding tert-OH is 1. The highest BCUT2D eigenvalue weighted by Crippen LogP contribution is 2.45. The largest absolute Gasteiger partial charge is 0.472 e. The van der Waals surface area contributed by atoms with E-state index < -0.39 is 97.5 Å². The average molecular weight is 1530 g/mol. The molecule has 0 saturated heterocycles. The van der Waals surface area contributed by atoms with Gasteiger partial charge in [0.15, 0.2) is 12.2 Å². The van der Waals surface area contributed by atoms with Gasteiger partial charge < -0.3 is 33.8 Å². The first kappa shape index (κ1) is 101. The van der Waals surface area contributed by atoms with Crippen LogP contribution in [-0.4, -0.2) is 96.7 Å². The van der Waals surface area contributed by atoms with Gasteiger partial charge in [-0.3, -0.25) is 37.3 Å². The van der Waals surface area contributed by atoms with E-state index in [1.807, 2.05) is 30.4 Å². The number of hydrogen-bond acceptors (Lipinski definition) is 15. The maximum atomic E-state index is 13.1. The van der Waals surface area contributed by atoms with Crippen LogP contribution in [0, 0.1) is 0 Å². The monoisotopic (exact) mass is 1530 g/mol. The van der Waals surface area contributed by atoms with Gasteiger partial charge in [0, 0.05) is 25.7 Å². The third-order valence-corrected chi connectivity index (χ3v) is 19.4. The molecule has 0 aromatic heterocycles. The Morgan fingerprint density at radius 1 is 0.274 bits per heavy atom. The fourth-order valence-electron chi connectivity index (χ4n) is 11.1. The zero-order chi connectivity index (χ0) is 77.4. The first-order chi connectivity index (χ1) is 51.7. The van der Waals surface area contributed by atoms with Crippen LogP contribution in [0.15, 0.2) is 122 Å². The molecule has 0 bridgehead atoms. The van der Waals surface area contributed by atoms with Gasteiger partial charge in [0.05, 0.1) is 26.4 Å². The molecule has 0 heterocycles. The lowest BCUT2D eigenvalue weighted by atomic mass is 10.0. The quantitative estimate of drug-likeness (QED) is 0.0169. The van der Waals surface area contributed by atoms with Gasteiger partial charge in [-0.15, -0.1) is 0 Å². The summed E-state index contributed by atoms with van der Waals surface area (Å²) in [5.41, 5.74) is 0. The predicted octanol–water partition coefficient (Wildman–Crippen LogP) is 24.7. The minimum absolute atomic E-state index is 0.00150. The number of phosphoric acid groups is 2. The van der Waals surface area contributed by atoms with Crippen molar-refractivity contribution >= 4 is 39.5 Å². The van der Waals surface area contributed by atoms with Crippen molar-refractivity contribution in [1.29, 1.82) is 0 Å². The maximum absolute atomic E-state index is 13.1. The van der Waals surface area contributed by atoms with E-state index in [0.717, 1.165) is 103 Å². The molecule has 610 valence electrons. The zero-order valence-electron chi connectivity index (χ0n) is 66.8. The van der Waals surface area contributed by atoms with Crippen LogP contribution in [0.25, 0.3) is 0 Å². The van der Waals surface area contributed by atoms with Crippen molar-refractivity contribution in [2.75, 3.05) is 39.6 Å². The van der Waals surface area contributed by atoms with Gasteiger partial charge in [0.2, 0.25) is 0 Å². The molecule has 0 aliphatic rings. The summed E-state index contributed by atoms with van der Waals surface area (Å²) in [7, 11) is -10.00. The van der Waals surface area contributed by atoms with Crippen molar-refractivity contribution in [3.05, 3.63) is 122 Å². The molecule has 0 rings (SSSR count). The van der Waals surface area contributed by atoms with E-state index in [0.29, 0.717) is 38.5 Å². The Morgan fingerprint density at radius 3 is 0.849 bits per heavy atom. The van der Waals surface area contributed by atoms with Crippen LogP contribution in [0.1, 0.15) is 349 Å². The summed E-state index contributed by atoms with van der Waals surface area (Å²) in [6.07, 6.45) is 87.6. The molecule has 0 amide bonds. The Labute approximate surface area is 644 Å². The predicted molar refractivity (Wildman–Crippen MR) is 436 cm³/mol. The topological polar surface area (TPSA) is 237 Å². The van der Waals surface area contributed by atoms with E-state index in [4.69, 9.17) is 37.0 Å². The Kier molecular flexibility index (Phi) is 75.2. The molecule has 0 radical (unpaired) electrons. The van der Waals surface area contributed by atoms with Crippen LogP contribution in [0.2, 0.25) is 0 Å². The first-order valence-electron chi connectivity index (χ1n) is 41.8. The number of esters is 4. The molecule has 106 heavy (non-hydrogen) atoms. The fraction of sp³-hybridized carbons (Fsp3) is 0.724. The number of carbonyl (C=O) groups excluding carboxylic acids is 4. The van der Waals surface area contributed by atoms with Gasteiger partial charge in [-0.1, -0.05) is 342 Å². The van der Waals surface area contributed by atoms with Gasteiger partial charge >= 0.3 is 39.5 Å². The molecule has 17 nitrogen and oxygen atoms in total. The lowest BCUT2D eigenvalue weighted by Gasteiger charge is -2.21. The minimum Gasteiger partial charge on any atom is -0.462 e. The molecule has 0 saturated carbocycles. The highest BCUT2D eigenvalue weighted by molar-refractivity contribution is 7.47.